The minimum atomic E-state index is -3.59. The highest BCUT2D eigenvalue weighted by molar-refractivity contribution is 5.45. The van der Waals surface area contributed by atoms with Gasteiger partial charge in [-0.2, -0.15) is 0 Å². The first-order valence-electron chi connectivity index (χ1n) is 4.37. The van der Waals surface area contributed by atoms with Gasteiger partial charge in [0.15, 0.2) is 11.5 Å². The van der Waals surface area contributed by atoms with Crippen LogP contribution in [0, 0.1) is 0 Å². The summed E-state index contributed by atoms with van der Waals surface area (Å²) in [6.07, 6.45) is -3.59. The van der Waals surface area contributed by atoms with Crippen molar-refractivity contribution in [3.63, 3.8) is 0 Å². The van der Waals surface area contributed by atoms with Gasteiger partial charge in [0, 0.05) is 12.6 Å². The summed E-state index contributed by atoms with van der Waals surface area (Å²) in [7, 11) is 0. The molecule has 0 aliphatic carbocycles. The predicted molar refractivity (Wildman–Crippen MR) is 48.6 cm³/mol. The summed E-state index contributed by atoms with van der Waals surface area (Å²) in [5, 5.41) is 0. The van der Waals surface area contributed by atoms with Gasteiger partial charge in [0.1, 0.15) is 0 Å². The van der Waals surface area contributed by atoms with E-state index in [4.69, 9.17) is 11.5 Å². The second-order valence-corrected chi connectivity index (χ2v) is 3.22. The number of nitrogens with two attached hydrogens (primary N) is 2. The third-order valence-corrected chi connectivity index (χ3v) is 2.11. The highest BCUT2D eigenvalue weighted by Crippen LogP contribution is 2.41. The molecule has 0 fully saturated rings. The molecule has 0 unspecified atom stereocenters. The van der Waals surface area contributed by atoms with Gasteiger partial charge in [-0.05, 0) is 17.7 Å². The predicted octanol–water partition coefficient (Wildman–Crippen LogP) is 0.967. The fraction of sp³-hybridized carbons (Fsp3) is 0.333. The summed E-state index contributed by atoms with van der Waals surface area (Å²) in [5.74, 6) is -0.00521. The van der Waals surface area contributed by atoms with Crippen LogP contribution in [0.3, 0.4) is 0 Å². The molecule has 6 heteroatoms. The Labute approximate surface area is 84.8 Å². The van der Waals surface area contributed by atoms with E-state index in [1.807, 2.05) is 0 Å². The third kappa shape index (κ3) is 1.86. The van der Waals surface area contributed by atoms with Crippen LogP contribution in [0.25, 0.3) is 0 Å². The second-order valence-electron chi connectivity index (χ2n) is 3.22. The van der Waals surface area contributed by atoms with Crippen molar-refractivity contribution >= 4 is 0 Å². The zero-order valence-corrected chi connectivity index (χ0v) is 7.74. The molecule has 1 aliphatic rings. The highest BCUT2D eigenvalue weighted by atomic mass is 19.3. The Hall–Kier alpha value is -1.40. The molecule has 0 radical (unpaired) electrons. The quantitative estimate of drug-likeness (QED) is 0.772. The summed E-state index contributed by atoms with van der Waals surface area (Å²) >= 11 is 0. The lowest BCUT2D eigenvalue weighted by Gasteiger charge is -2.08. The SMILES string of the molecule is NC[C@H](N)c1ccc2c(c1)OC(F)(F)O2. The van der Waals surface area contributed by atoms with Crippen molar-refractivity contribution < 1.29 is 18.3 Å². The van der Waals surface area contributed by atoms with Gasteiger partial charge in [0.2, 0.25) is 0 Å². The summed E-state index contributed by atoms with van der Waals surface area (Å²) < 4.78 is 33.8. The van der Waals surface area contributed by atoms with Crippen LogP contribution in [-0.2, 0) is 0 Å². The van der Waals surface area contributed by atoms with Crippen molar-refractivity contribution in [3.8, 4) is 11.5 Å². The summed E-state index contributed by atoms with van der Waals surface area (Å²) in [6, 6.07) is 3.99. The Morgan fingerprint density at radius 1 is 1.27 bits per heavy atom. The topological polar surface area (TPSA) is 70.5 Å². The molecular formula is C9H10F2N2O2. The van der Waals surface area contributed by atoms with Crippen LogP contribution in [0.2, 0.25) is 0 Å². The van der Waals surface area contributed by atoms with Crippen LogP contribution in [0.5, 0.6) is 11.5 Å². The van der Waals surface area contributed by atoms with E-state index in [0.29, 0.717) is 5.56 Å². The van der Waals surface area contributed by atoms with Crippen molar-refractivity contribution in [2.75, 3.05) is 6.54 Å². The van der Waals surface area contributed by atoms with Crippen LogP contribution in [-0.4, -0.2) is 12.8 Å². The van der Waals surface area contributed by atoms with Gasteiger partial charge in [-0.3, -0.25) is 0 Å². The smallest absolute Gasteiger partial charge is 0.395 e. The van der Waals surface area contributed by atoms with Gasteiger partial charge in [-0.1, -0.05) is 6.07 Å². The number of halogens is 2. The first-order chi connectivity index (χ1) is 7.02. The summed E-state index contributed by atoms with van der Waals surface area (Å²) in [4.78, 5) is 0. The maximum Gasteiger partial charge on any atom is 0.586 e. The maximum atomic E-state index is 12.7. The molecule has 0 amide bonds. The fourth-order valence-corrected chi connectivity index (χ4v) is 1.33. The molecule has 2 rings (SSSR count). The minimum Gasteiger partial charge on any atom is -0.395 e. The normalized spacial score (nSPS) is 18.9. The molecule has 1 aliphatic heterocycles. The molecule has 0 saturated carbocycles. The Morgan fingerprint density at radius 2 is 1.93 bits per heavy atom. The maximum absolute atomic E-state index is 12.7. The number of alkyl halides is 2. The minimum absolute atomic E-state index is 0.00738. The van der Waals surface area contributed by atoms with Crippen LogP contribution in [0.4, 0.5) is 8.78 Å². The first kappa shape index (κ1) is 10.1. The number of fused-ring (bicyclic) bond motifs is 1. The lowest BCUT2D eigenvalue weighted by atomic mass is 10.1. The van der Waals surface area contributed by atoms with Gasteiger partial charge >= 0.3 is 6.29 Å². The second kappa shape index (κ2) is 3.32. The lowest BCUT2D eigenvalue weighted by molar-refractivity contribution is -0.286. The Morgan fingerprint density at radius 3 is 2.60 bits per heavy atom. The molecule has 1 aromatic carbocycles. The zero-order valence-electron chi connectivity index (χ0n) is 7.74. The number of benzene rings is 1. The molecule has 0 spiro atoms. The Kier molecular flexibility index (Phi) is 2.24. The Bertz CT molecular complexity index is 384. The van der Waals surface area contributed by atoms with Gasteiger partial charge in [-0.15, -0.1) is 8.78 Å². The van der Waals surface area contributed by atoms with E-state index in [9.17, 15) is 8.78 Å². The summed E-state index contributed by atoms with van der Waals surface area (Å²) in [6.45, 7) is 0.232. The standard InChI is InChI=1S/C9H10F2N2O2/c10-9(11)14-7-2-1-5(6(13)4-12)3-8(7)15-9/h1-3,6H,4,12-13H2/t6-/m0/s1. The van der Waals surface area contributed by atoms with E-state index in [0.717, 1.165) is 0 Å². The third-order valence-electron chi connectivity index (χ3n) is 2.11. The molecule has 82 valence electrons. The highest BCUT2D eigenvalue weighted by Gasteiger charge is 2.43. The average molecular weight is 216 g/mol. The number of ether oxygens (including phenoxy) is 2. The van der Waals surface area contributed by atoms with Gasteiger partial charge in [0.25, 0.3) is 0 Å². The number of hydrogen-bond acceptors (Lipinski definition) is 4. The first-order valence-corrected chi connectivity index (χ1v) is 4.37. The van der Waals surface area contributed by atoms with Gasteiger partial charge < -0.3 is 20.9 Å². The van der Waals surface area contributed by atoms with Crippen LogP contribution < -0.4 is 20.9 Å². The number of hydrogen-bond donors (Lipinski definition) is 2. The van der Waals surface area contributed by atoms with Gasteiger partial charge in [-0.25, -0.2) is 0 Å². The van der Waals surface area contributed by atoms with Crippen molar-refractivity contribution in [2.45, 2.75) is 12.3 Å². The monoisotopic (exact) mass is 216 g/mol. The molecule has 0 saturated heterocycles. The van der Waals surface area contributed by atoms with Crippen molar-refractivity contribution in [1.29, 1.82) is 0 Å². The van der Waals surface area contributed by atoms with E-state index < -0.39 is 12.3 Å². The van der Waals surface area contributed by atoms with Crippen molar-refractivity contribution in [1.82, 2.24) is 0 Å². The van der Waals surface area contributed by atoms with E-state index in [2.05, 4.69) is 9.47 Å². The van der Waals surface area contributed by atoms with Crippen LogP contribution >= 0.6 is 0 Å². The molecule has 1 aromatic rings. The molecule has 0 aromatic heterocycles. The molecule has 1 heterocycles. The molecular weight excluding hydrogens is 206 g/mol. The molecule has 0 bridgehead atoms. The van der Waals surface area contributed by atoms with Crippen LogP contribution in [0.1, 0.15) is 11.6 Å². The van der Waals surface area contributed by atoms with Crippen LogP contribution in [0.15, 0.2) is 18.2 Å². The van der Waals surface area contributed by atoms with Gasteiger partial charge in [0.05, 0.1) is 0 Å². The zero-order chi connectivity index (χ0) is 11.1. The molecule has 4 N–H and O–H groups in total. The van der Waals surface area contributed by atoms with E-state index in [-0.39, 0.29) is 18.0 Å². The van der Waals surface area contributed by atoms with E-state index >= 15 is 0 Å². The molecule has 4 nitrogen and oxygen atoms in total. The lowest BCUT2D eigenvalue weighted by Crippen LogP contribution is -2.26. The average Bonchev–Trinajstić information content (AvgIpc) is 2.49. The van der Waals surface area contributed by atoms with E-state index in [1.54, 1.807) is 6.07 Å². The molecule has 1 atom stereocenters. The largest absolute Gasteiger partial charge is 0.586 e. The fourth-order valence-electron chi connectivity index (χ4n) is 1.33. The molecule has 15 heavy (non-hydrogen) atoms. The Balaban J connectivity index is 2.30. The summed E-state index contributed by atoms with van der Waals surface area (Å²) in [5.41, 5.74) is 11.6. The van der Waals surface area contributed by atoms with E-state index in [1.165, 1.54) is 12.1 Å². The van der Waals surface area contributed by atoms with Crippen molar-refractivity contribution in [3.05, 3.63) is 23.8 Å². The van der Waals surface area contributed by atoms with Crippen molar-refractivity contribution in [2.24, 2.45) is 11.5 Å². The number of rotatable bonds is 2.